The smallest absolute Gasteiger partial charge is 0.256 e. The van der Waals surface area contributed by atoms with Crippen LogP contribution < -0.4 is 5.32 Å². The van der Waals surface area contributed by atoms with Crippen LogP contribution in [0, 0.1) is 0 Å². The molecule has 2 heterocycles. The first kappa shape index (κ1) is 23.4. The van der Waals surface area contributed by atoms with E-state index in [1.165, 1.54) is 0 Å². The van der Waals surface area contributed by atoms with Crippen molar-refractivity contribution >= 4 is 38.9 Å². The highest BCUT2D eigenvalue weighted by molar-refractivity contribution is 7.91. The highest BCUT2D eigenvalue weighted by Crippen LogP contribution is 2.29. The number of likely N-dealkylation sites (tertiary alicyclic amines) is 1. The van der Waals surface area contributed by atoms with Crippen molar-refractivity contribution in [1.29, 1.82) is 0 Å². The third kappa shape index (κ3) is 5.39. The average molecular weight is 482 g/mol. The van der Waals surface area contributed by atoms with Gasteiger partial charge in [-0.3, -0.25) is 9.59 Å². The van der Waals surface area contributed by atoms with E-state index in [9.17, 15) is 18.0 Å². The Morgan fingerprint density at radius 2 is 1.75 bits per heavy atom. The van der Waals surface area contributed by atoms with Crippen LogP contribution in [0.5, 0.6) is 0 Å². The van der Waals surface area contributed by atoms with Crippen LogP contribution >= 0.6 is 11.6 Å². The van der Waals surface area contributed by atoms with Gasteiger partial charge in [-0.15, -0.1) is 0 Å². The molecule has 2 amide bonds. The van der Waals surface area contributed by atoms with Crippen molar-refractivity contribution in [1.82, 2.24) is 9.80 Å². The highest BCUT2D eigenvalue weighted by Gasteiger charge is 2.38. The molecule has 176 valence electrons. The number of nitrogens with zero attached hydrogens (tertiary/aromatic N) is 2. The lowest BCUT2D eigenvalue weighted by Gasteiger charge is -2.38. The molecule has 1 unspecified atom stereocenters. The van der Waals surface area contributed by atoms with Gasteiger partial charge in [0.2, 0.25) is 5.91 Å². The summed E-state index contributed by atoms with van der Waals surface area (Å²) in [7, 11) is -3.09. The van der Waals surface area contributed by atoms with E-state index in [-0.39, 0.29) is 41.9 Å². The van der Waals surface area contributed by atoms with Gasteiger partial charge in [0.15, 0.2) is 9.84 Å². The first-order chi connectivity index (χ1) is 15.3. The molecule has 32 heavy (non-hydrogen) atoms. The molecule has 3 aliphatic rings. The molecule has 1 aliphatic carbocycles. The van der Waals surface area contributed by atoms with Gasteiger partial charge in [0.25, 0.3) is 5.91 Å². The van der Waals surface area contributed by atoms with Crippen molar-refractivity contribution in [2.24, 2.45) is 0 Å². The van der Waals surface area contributed by atoms with Gasteiger partial charge in [0.1, 0.15) is 0 Å². The summed E-state index contributed by atoms with van der Waals surface area (Å²) in [4.78, 5) is 30.0. The molecule has 1 aromatic carbocycles. The Balaban J connectivity index is 1.50. The minimum Gasteiger partial charge on any atom is -0.376 e. The molecule has 7 nitrogen and oxygen atoms in total. The number of hydrogen-bond acceptors (Lipinski definition) is 5. The summed E-state index contributed by atoms with van der Waals surface area (Å²) in [5.41, 5.74) is 1.06. The van der Waals surface area contributed by atoms with E-state index in [0.717, 1.165) is 58.0 Å². The Hall–Kier alpha value is -1.80. The molecule has 1 saturated carbocycles. The number of carbonyl (C=O) groups excluding carboxylic acids is 2. The number of hydrogen-bond donors (Lipinski definition) is 1. The average Bonchev–Trinajstić information content (AvgIpc) is 3.43. The molecule has 0 bridgehead atoms. The van der Waals surface area contributed by atoms with Crippen LogP contribution in [-0.4, -0.2) is 73.3 Å². The standard InChI is InChI=1S/C23H32ClN3O4S/c24-17-8-9-21(20(14-17)23(29)26-11-4-5-12-26)25-15-22(28)27(18-6-2-1-3-7-18)19-10-13-32(30,31)16-19/h8-9,14,18-19,25H,1-7,10-13,15-16H2. The maximum atomic E-state index is 13.4. The van der Waals surface area contributed by atoms with Crippen molar-refractivity contribution in [2.75, 3.05) is 36.5 Å². The molecule has 9 heteroatoms. The summed E-state index contributed by atoms with van der Waals surface area (Å²) in [5.74, 6) is 0.0155. The van der Waals surface area contributed by atoms with Crippen molar-refractivity contribution < 1.29 is 18.0 Å². The molecule has 3 fully saturated rings. The highest BCUT2D eigenvalue weighted by atomic mass is 35.5. The second-order valence-electron chi connectivity index (χ2n) is 9.19. The number of halogens is 1. The Kier molecular flexibility index (Phi) is 7.30. The summed E-state index contributed by atoms with van der Waals surface area (Å²) in [6, 6.07) is 4.93. The first-order valence-corrected chi connectivity index (χ1v) is 13.9. The van der Waals surface area contributed by atoms with E-state index >= 15 is 0 Å². The maximum absolute atomic E-state index is 13.4. The summed E-state index contributed by atoms with van der Waals surface area (Å²) >= 11 is 6.16. The zero-order chi connectivity index (χ0) is 22.7. The molecule has 1 aromatic rings. The van der Waals surface area contributed by atoms with E-state index < -0.39 is 9.84 Å². The summed E-state index contributed by atoms with van der Waals surface area (Å²) in [5, 5.41) is 3.64. The number of carbonyl (C=O) groups is 2. The Morgan fingerprint density at radius 3 is 2.41 bits per heavy atom. The van der Waals surface area contributed by atoms with Crippen molar-refractivity contribution in [3.63, 3.8) is 0 Å². The van der Waals surface area contributed by atoms with Crippen LogP contribution in [0.1, 0.15) is 61.7 Å². The molecule has 1 N–H and O–H groups in total. The topological polar surface area (TPSA) is 86.8 Å². The predicted octanol–water partition coefficient (Wildman–Crippen LogP) is 3.34. The van der Waals surface area contributed by atoms with E-state index in [1.54, 1.807) is 18.2 Å². The van der Waals surface area contributed by atoms with Crippen LogP contribution in [0.25, 0.3) is 0 Å². The third-order valence-electron chi connectivity index (χ3n) is 6.89. The number of benzene rings is 1. The Labute approximate surface area is 195 Å². The number of sulfone groups is 1. The quantitative estimate of drug-likeness (QED) is 0.673. The van der Waals surface area contributed by atoms with Gasteiger partial charge in [-0.1, -0.05) is 30.9 Å². The molecule has 2 saturated heterocycles. The van der Waals surface area contributed by atoms with Gasteiger partial charge in [-0.05, 0) is 50.3 Å². The first-order valence-electron chi connectivity index (χ1n) is 11.7. The van der Waals surface area contributed by atoms with Crippen LogP contribution in [0.2, 0.25) is 5.02 Å². The van der Waals surface area contributed by atoms with Gasteiger partial charge in [-0.2, -0.15) is 0 Å². The van der Waals surface area contributed by atoms with Crippen LogP contribution in [-0.2, 0) is 14.6 Å². The van der Waals surface area contributed by atoms with Crippen molar-refractivity contribution in [3.8, 4) is 0 Å². The fourth-order valence-corrected chi connectivity index (χ4v) is 7.14. The van der Waals surface area contributed by atoms with E-state index in [1.807, 2.05) is 9.80 Å². The number of amides is 2. The molecule has 0 spiro atoms. The van der Waals surface area contributed by atoms with Gasteiger partial charge < -0.3 is 15.1 Å². The lowest BCUT2D eigenvalue weighted by molar-refractivity contribution is -0.134. The maximum Gasteiger partial charge on any atom is 0.256 e. The third-order valence-corrected chi connectivity index (χ3v) is 8.88. The lowest BCUT2D eigenvalue weighted by Crippen LogP contribution is -2.50. The molecular formula is C23H32ClN3O4S. The Morgan fingerprint density at radius 1 is 1.03 bits per heavy atom. The molecule has 1 atom stereocenters. The van der Waals surface area contributed by atoms with Crippen LogP contribution in [0.3, 0.4) is 0 Å². The molecule has 2 aliphatic heterocycles. The fraction of sp³-hybridized carbons (Fsp3) is 0.652. The molecular weight excluding hydrogens is 450 g/mol. The van der Waals surface area contributed by atoms with E-state index in [2.05, 4.69) is 5.32 Å². The van der Waals surface area contributed by atoms with E-state index in [4.69, 9.17) is 11.6 Å². The number of rotatable bonds is 6. The van der Waals surface area contributed by atoms with Crippen LogP contribution in [0.4, 0.5) is 5.69 Å². The van der Waals surface area contributed by atoms with Crippen molar-refractivity contribution in [2.45, 2.75) is 63.5 Å². The largest absolute Gasteiger partial charge is 0.376 e. The minimum atomic E-state index is -3.09. The van der Waals surface area contributed by atoms with Gasteiger partial charge in [0.05, 0.1) is 23.6 Å². The summed E-state index contributed by atoms with van der Waals surface area (Å²) < 4.78 is 24.2. The lowest BCUT2D eigenvalue weighted by atomic mass is 9.93. The fourth-order valence-electron chi connectivity index (χ4n) is 5.26. The zero-order valence-corrected chi connectivity index (χ0v) is 20.0. The van der Waals surface area contributed by atoms with Gasteiger partial charge in [-0.25, -0.2) is 8.42 Å². The number of anilines is 1. The predicted molar refractivity (Wildman–Crippen MR) is 126 cm³/mol. The van der Waals surface area contributed by atoms with Gasteiger partial charge >= 0.3 is 0 Å². The van der Waals surface area contributed by atoms with Crippen LogP contribution in [0.15, 0.2) is 18.2 Å². The molecule has 0 radical (unpaired) electrons. The molecule has 4 rings (SSSR count). The summed E-state index contributed by atoms with van der Waals surface area (Å²) in [6.07, 6.45) is 7.61. The SMILES string of the molecule is O=C(c1cc(Cl)ccc1NCC(=O)N(C1CCCCC1)C1CCS(=O)(=O)C1)N1CCCC1. The van der Waals surface area contributed by atoms with E-state index in [0.29, 0.717) is 22.7 Å². The minimum absolute atomic E-state index is 0.0228. The summed E-state index contributed by atoms with van der Waals surface area (Å²) in [6.45, 7) is 1.49. The second-order valence-corrected chi connectivity index (χ2v) is 11.9. The monoisotopic (exact) mass is 481 g/mol. The zero-order valence-electron chi connectivity index (χ0n) is 18.4. The normalized spacial score (nSPS) is 23.3. The molecule has 0 aromatic heterocycles. The second kappa shape index (κ2) is 10.00. The van der Waals surface area contributed by atoms with Gasteiger partial charge in [0, 0.05) is 35.9 Å². The Bertz CT molecular complexity index is 956. The number of nitrogens with one attached hydrogen (secondary N) is 1. The van der Waals surface area contributed by atoms with Crippen molar-refractivity contribution in [3.05, 3.63) is 28.8 Å².